The van der Waals surface area contributed by atoms with Gasteiger partial charge in [-0.1, -0.05) is 42.5 Å². The van der Waals surface area contributed by atoms with Crippen LogP contribution < -0.4 is 0 Å². The molecule has 88 valence electrons. The maximum atomic E-state index is 13.5. The lowest BCUT2D eigenvalue weighted by molar-refractivity contribution is 0.176. The molecule has 17 heavy (non-hydrogen) atoms. The molecule has 1 unspecified atom stereocenters. The summed E-state index contributed by atoms with van der Waals surface area (Å²) in [6.45, 7) is 1.94. The van der Waals surface area contributed by atoms with Crippen molar-refractivity contribution in [3.05, 3.63) is 71.0 Å². The van der Waals surface area contributed by atoms with E-state index < -0.39 is 6.10 Å². The summed E-state index contributed by atoms with van der Waals surface area (Å²) in [5, 5.41) is 10.1. The van der Waals surface area contributed by atoms with Crippen molar-refractivity contribution in [1.29, 1.82) is 0 Å². The van der Waals surface area contributed by atoms with E-state index in [0.29, 0.717) is 12.0 Å². The first-order chi connectivity index (χ1) is 8.18. The highest BCUT2D eigenvalue weighted by atomic mass is 19.1. The van der Waals surface area contributed by atoms with Gasteiger partial charge in [-0.15, -0.1) is 0 Å². The summed E-state index contributed by atoms with van der Waals surface area (Å²) in [7, 11) is 0. The molecular weight excluding hydrogens is 215 g/mol. The van der Waals surface area contributed by atoms with Crippen LogP contribution in [0, 0.1) is 12.7 Å². The third-order valence-corrected chi connectivity index (χ3v) is 2.92. The topological polar surface area (TPSA) is 20.2 Å². The van der Waals surface area contributed by atoms with Gasteiger partial charge in [0, 0.05) is 6.42 Å². The molecule has 0 bridgehead atoms. The molecule has 2 rings (SSSR count). The lowest BCUT2D eigenvalue weighted by Crippen LogP contribution is -2.05. The van der Waals surface area contributed by atoms with Crippen LogP contribution in [0.25, 0.3) is 0 Å². The average Bonchev–Trinajstić information content (AvgIpc) is 2.32. The molecule has 0 aliphatic rings. The second-order valence-electron chi connectivity index (χ2n) is 4.17. The van der Waals surface area contributed by atoms with E-state index in [-0.39, 0.29) is 5.82 Å². The van der Waals surface area contributed by atoms with Crippen LogP contribution in [0.2, 0.25) is 0 Å². The fourth-order valence-electron chi connectivity index (χ4n) is 1.94. The minimum absolute atomic E-state index is 0.264. The number of aryl methyl sites for hydroxylation is 1. The van der Waals surface area contributed by atoms with E-state index in [0.717, 1.165) is 11.1 Å². The fourth-order valence-corrected chi connectivity index (χ4v) is 1.94. The van der Waals surface area contributed by atoms with Gasteiger partial charge in [-0.25, -0.2) is 4.39 Å². The maximum Gasteiger partial charge on any atom is 0.126 e. The molecular formula is C15H15FO. The van der Waals surface area contributed by atoms with Gasteiger partial charge in [0.1, 0.15) is 5.82 Å². The molecule has 1 atom stereocenters. The van der Waals surface area contributed by atoms with E-state index >= 15 is 0 Å². The lowest BCUT2D eigenvalue weighted by atomic mass is 9.97. The summed E-state index contributed by atoms with van der Waals surface area (Å²) in [5.41, 5.74) is 2.43. The van der Waals surface area contributed by atoms with E-state index in [9.17, 15) is 9.50 Å². The molecule has 0 saturated heterocycles. The Morgan fingerprint density at radius 2 is 1.71 bits per heavy atom. The average molecular weight is 230 g/mol. The van der Waals surface area contributed by atoms with Crippen LogP contribution in [-0.4, -0.2) is 5.11 Å². The number of benzene rings is 2. The van der Waals surface area contributed by atoms with Gasteiger partial charge in [0.25, 0.3) is 0 Å². The van der Waals surface area contributed by atoms with Crippen molar-refractivity contribution >= 4 is 0 Å². The Labute approximate surface area is 101 Å². The van der Waals surface area contributed by atoms with Crippen molar-refractivity contribution in [2.75, 3.05) is 0 Å². The summed E-state index contributed by atoms with van der Waals surface area (Å²) in [4.78, 5) is 0. The molecule has 0 aliphatic heterocycles. The molecule has 0 aromatic heterocycles. The second kappa shape index (κ2) is 5.11. The molecule has 0 fully saturated rings. The smallest absolute Gasteiger partial charge is 0.126 e. The monoisotopic (exact) mass is 230 g/mol. The quantitative estimate of drug-likeness (QED) is 0.856. The second-order valence-corrected chi connectivity index (χ2v) is 4.17. The molecule has 2 aromatic carbocycles. The standard InChI is InChI=1S/C15H15FO/c1-11-6-2-4-8-13(11)15(17)10-12-7-3-5-9-14(12)16/h2-9,15,17H,10H2,1H3. The van der Waals surface area contributed by atoms with Crippen molar-refractivity contribution in [2.45, 2.75) is 19.4 Å². The predicted molar refractivity (Wildman–Crippen MR) is 66.2 cm³/mol. The van der Waals surface area contributed by atoms with Crippen LogP contribution in [-0.2, 0) is 6.42 Å². The van der Waals surface area contributed by atoms with Crippen molar-refractivity contribution in [2.24, 2.45) is 0 Å². The highest BCUT2D eigenvalue weighted by Gasteiger charge is 2.12. The number of hydrogen-bond acceptors (Lipinski definition) is 1. The molecule has 0 spiro atoms. The predicted octanol–water partition coefficient (Wildman–Crippen LogP) is 3.41. The number of aliphatic hydroxyl groups is 1. The van der Waals surface area contributed by atoms with Crippen LogP contribution in [0.3, 0.4) is 0 Å². The number of halogens is 1. The van der Waals surface area contributed by atoms with Gasteiger partial charge < -0.3 is 5.11 Å². The number of rotatable bonds is 3. The largest absolute Gasteiger partial charge is 0.388 e. The zero-order valence-corrected chi connectivity index (χ0v) is 9.73. The highest BCUT2D eigenvalue weighted by molar-refractivity contribution is 5.29. The van der Waals surface area contributed by atoms with Gasteiger partial charge >= 0.3 is 0 Å². The first-order valence-corrected chi connectivity index (χ1v) is 5.65. The SMILES string of the molecule is Cc1ccccc1C(O)Cc1ccccc1F. The third-order valence-electron chi connectivity index (χ3n) is 2.92. The van der Waals surface area contributed by atoms with Crippen LogP contribution in [0.4, 0.5) is 4.39 Å². The Bertz CT molecular complexity index is 508. The van der Waals surface area contributed by atoms with Crippen molar-refractivity contribution in [3.8, 4) is 0 Å². The fraction of sp³-hybridized carbons (Fsp3) is 0.200. The molecule has 0 radical (unpaired) electrons. The Balaban J connectivity index is 2.20. The van der Waals surface area contributed by atoms with Crippen molar-refractivity contribution in [3.63, 3.8) is 0 Å². The zero-order chi connectivity index (χ0) is 12.3. The normalized spacial score (nSPS) is 12.4. The summed E-state index contributed by atoms with van der Waals surface area (Å²) in [6, 6.07) is 14.2. The van der Waals surface area contributed by atoms with Crippen molar-refractivity contribution < 1.29 is 9.50 Å². The van der Waals surface area contributed by atoms with Gasteiger partial charge in [0.15, 0.2) is 0 Å². The van der Waals surface area contributed by atoms with Crippen molar-refractivity contribution in [1.82, 2.24) is 0 Å². The van der Waals surface area contributed by atoms with Gasteiger partial charge in [0.2, 0.25) is 0 Å². The Morgan fingerprint density at radius 3 is 2.41 bits per heavy atom. The highest BCUT2D eigenvalue weighted by Crippen LogP contribution is 2.22. The number of aliphatic hydroxyl groups excluding tert-OH is 1. The molecule has 0 aliphatic carbocycles. The first kappa shape index (κ1) is 11.8. The summed E-state index contributed by atoms with van der Waals surface area (Å²) in [6.07, 6.45) is -0.356. The Kier molecular flexibility index (Phi) is 3.55. The van der Waals surface area contributed by atoms with E-state index in [4.69, 9.17) is 0 Å². The molecule has 1 nitrogen and oxygen atoms in total. The van der Waals surface area contributed by atoms with Crippen LogP contribution >= 0.6 is 0 Å². The zero-order valence-electron chi connectivity index (χ0n) is 9.73. The van der Waals surface area contributed by atoms with E-state index in [1.807, 2.05) is 31.2 Å². The van der Waals surface area contributed by atoms with Crippen LogP contribution in [0.1, 0.15) is 22.8 Å². The molecule has 0 saturated carbocycles. The van der Waals surface area contributed by atoms with Gasteiger partial charge in [-0.3, -0.25) is 0 Å². The summed E-state index contributed by atoms with van der Waals surface area (Å²) >= 11 is 0. The lowest BCUT2D eigenvalue weighted by Gasteiger charge is -2.14. The summed E-state index contributed by atoms with van der Waals surface area (Å²) in [5.74, 6) is -0.264. The molecule has 2 aromatic rings. The minimum Gasteiger partial charge on any atom is -0.388 e. The third kappa shape index (κ3) is 2.71. The van der Waals surface area contributed by atoms with E-state index in [1.165, 1.54) is 6.07 Å². The van der Waals surface area contributed by atoms with Crippen LogP contribution in [0.5, 0.6) is 0 Å². The van der Waals surface area contributed by atoms with Gasteiger partial charge in [-0.05, 0) is 29.7 Å². The summed E-state index contributed by atoms with van der Waals surface area (Å²) < 4.78 is 13.5. The van der Waals surface area contributed by atoms with E-state index in [2.05, 4.69) is 0 Å². The van der Waals surface area contributed by atoms with Gasteiger partial charge in [-0.2, -0.15) is 0 Å². The number of hydrogen-bond donors (Lipinski definition) is 1. The van der Waals surface area contributed by atoms with E-state index in [1.54, 1.807) is 18.2 Å². The van der Waals surface area contributed by atoms with Crippen LogP contribution in [0.15, 0.2) is 48.5 Å². The first-order valence-electron chi connectivity index (χ1n) is 5.65. The maximum absolute atomic E-state index is 13.5. The Hall–Kier alpha value is -1.67. The van der Waals surface area contributed by atoms with Gasteiger partial charge in [0.05, 0.1) is 6.10 Å². The molecule has 0 heterocycles. The molecule has 0 amide bonds. The minimum atomic E-state index is -0.659. The molecule has 2 heteroatoms. The Morgan fingerprint density at radius 1 is 1.06 bits per heavy atom. The molecule has 1 N–H and O–H groups in total.